The van der Waals surface area contributed by atoms with Crippen molar-refractivity contribution in [2.24, 2.45) is 0 Å². The molecule has 1 aliphatic rings. The first kappa shape index (κ1) is 13.0. The molecule has 0 saturated heterocycles. The van der Waals surface area contributed by atoms with Crippen LogP contribution in [0.5, 0.6) is 6.01 Å². The van der Waals surface area contributed by atoms with Crippen molar-refractivity contribution in [1.82, 2.24) is 24.5 Å². The topological polar surface area (TPSA) is 68.6 Å². The average molecular weight is 299 g/mol. The van der Waals surface area contributed by atoms with Crippen LogP contribution in [0.2, 0.25) is 0 Å². The van der Waals surface area contributed by atoms with Gasteiger partial charge in [-0.05, 0) is 12.5 Å². The second-order valence-corrected chi connectivity index (χ2v) is 5.07. The van der Waals surface area contributed by atoms with Crippen LogP contribution in [0.25, 0.3) is 22.8 Å². The van der Waals surface area contributed by atoms with Crippen LogP contribution in [0.1, 0.15) is 30.9 Å². The summed E-state index contributed by atoms with van der Waals surface area (Å²) in [6, 6.07) is 0.335. The molecule has 3 aromatic rings. The number of aromatic amines is 1. The van der Waals surface area contributed by atoms with E-state index in [2.05, 4.69) is 19.9 Å². The summed E-state index contributed by atoms with van der Waals surface area (Å²) in [7, 11) is 0. The molecule has 1 unspecified atom stereocenters. The highest BCUT2D eigenvalue weighted by molar-refractivity contribution is 5.93. The molecule has 0 aromatic carbocycles. The van der Waals surface area contributed by atoms with Crippen LogP contribution in [0.4, 0.5) is 4.39 Å². The number of nitrogens with zero attached hydrogens (tertiary/aromatic N) is 4. The van der Waals surface area contributed by atoms with Crippen molar-refractivity contribution in [3.63, 3.8) is 0 Å². The minimum atomic E-state index is -1.11. The predicted molar refractivity (Wildman–Crippen MR) is 79.9 cm³/mol. The molecule has 0 aliphatic carbocycles. The monoisotopic (exact) mass is 299 g/mol. The highest BCUT2D eigenvalue weighted by atomic mass is 19.1. The summed E-state index contributed by atoms with van der Waals surface area (Å²) in [6.45, 7) is 2.39. The number of alkyl halides is 1. The third kappa shape index (κ3) is 1.97. The van der Waals surface area contributed by atoms with Gasteiger partial charge in [-0.1, -0.05) is 0 Å². The summed E-state index contributed by atoms with van der Waals surface area (Å²) in [5.74, 6) is 0.443. The Labute approximate surface area is 125 Å². The SMILES string of the molecule is CCOc1ncc2c(C3=Cn4ccnc4C(F)C3)c[nH]c2n1. The molecule has 4 rings (SSSR count). The Balaban J connectivity index is 1.79. The van der Waals surface area contributed by atoms with E-state index in [0.29, 0.717) is 24.1 Å². The van der Waals surface area contributed by atoms with Gasteiger partial charge in [0.2, 0.25) is 0 Å². The Morgan fingerprint density at radius 3 is 3.23 bits per heavy atom. The van der Waals surface area contributed by atoms with Crippen molar-refractivity contribution < 1.29 is 9.13 Å². The number of nitrogens with one attached hydrogen (secondary N) is 1. The molecule has 0 spiro atoms. The summed E-state index contributed by atoms with van der Waals surface area (Å²) in [4.78, 5) is 15.6. The third-order valence-electron chi connectivity index (χ3n) is 3.70. The van der Waals surface area contributed by atoms with E-state index >= 15 is 0 Å². The van der Waals surface area contributed by atoms with Crippen LogP contribution in [0, 0.1) is 0 Å². The fourth-order valence-electron chi connectivity index (χ4n) is 2.72. The maximum Gasteiger partial charge on any atom is 0.318 e. The molecule has 1 N–H and O–H groups in total. The summed E-state index contributed by atoms with van der Waals surface area (Å²) < 4.78 is 21.2. The minimum Gasteiger partial charge on any atom is -0.464 e. The lowest BCUT2D eigenvalue weighted by molar-refractivity contribution is 0.314. The van der Waals surface area contributed by atoms with E-state index in [4.69, 9.17) is 4.74 Å². The Kier molecular flexibility index (Phi) is 2.92. The van der Waals surface area contributed by atoms with E-state index in [-0.39, 0.29) is 6.42 Å². The number of hydrogen-bond donors (Lipinski definition) is 1. The van der Waals surface area contributed by atoms with Gasteiger partial charge in [0.15, 0.2) is 6.17 Å². The van der Waals surface area contributed by atoms with Crippen LogP contribution >= 0.6 is 0 Å². The number of halogens is 1. The van der Waals surface area contributed by atoms with Crippen LogP contribution in [-0.2, 0) is 0 Å². The van der Waals surface area contributed by atoms with Gasteiger partial charge < -0.3 is 14.3 Å². The number of hydrogen-bond acceptors (Lipinski definition) is 4. The van der Waals surface area contributed by atoms with E-state index in [9.17, 15) is 4.39 Å². The first-order valence-electron chi connectivity index (χ1n) is 7.11. The van der Waals surface area contributed by atoms with Gasteiger partial charge in [0, 0.05) is 48.4 Å². The van der Waals surface area contributed by atoms with Crippen LogP contribution in [0.3, 0.4) is 0 Å². The molecule has 112 valence electrons. The van der Waals surface area contributed by atoms with E-state index in [1.807, 2.05) is 19.3 Å². The van der Waals surface area contributed by atoms with Crippen molar-refractivity contribution in [2.75, 3.05) is 6.61 Å². The minimum absolute atomic E-state index is 0.289. The van der Waals surface area contributed by atoms with Gasteiger partial charge >= 0.3 is 6.01 Å². The molecule has 3 aromatic heterocycles. The Morgan fingerprint density at radius 2 is 2.36 bits per heavy atom. The largest absolute Gasteiger partial charge is 0.464 e. The summed E-state index contributed by atoms with van der Waals surface area (Å²) >= 11 is 0. The number of fused-ring (bicyclic) bond motifs is 2. The maximum atomic E-state index is 14.2. The van der Waals surface area contributed by atoms with Gasteiger partial charge in [0.25, 0.3) is 0 Å². The molecule has 0 saturated carbocycles. The summed E-state index contributed by atoms with van der Waals surface area (Å²) in [5.41, 5.74) is 2.47. The van der Waals surface area contributed by atoms with E-state index < -0.39 is 6.17 Å². The molecule has 0 radical (unpaired) electrons. The molecule has 1 atom stereocenters. The Hall–Kier alpha value is -2.70. The number of allylic oxidation sites excluding steroid dienone is 1. The normalized spacial score (nSPS) is 17.4. The lowest BCUT2D eigenvalue weighted by Crippen LogP contribution is -2.08. The van der Waals surface area contributed by atoms with Crippen LogP contribution in [-0.4, -0.2) is 31.1 Å². The quantitative estimate of drug-likeness (QED) is 0.807. The van der Waals surface area contributed by atoms with Crippen molar-refractivity contribution in [3.8, 4) is 6.01 Å². The molecule has 7 heteroatoms. The number of rotatable bonds is 3. The number of H-pyrrole nitrogens is 1. The van der Waals surface area contributed by atoms with E-state index in [1.165, 1.54) is 0 Å². The molecular weight excluding hydrogens is 285 g/mol. The zero-order chi connectivity index (χ0) is 15.1. The maximum absolute atomic E-state index is 14.2. The fourth-order valence-corrected chi connectivity index (χ4v) is 2.72. The highest BCUT2D eigenvalue weighted by Gasteiger charge is 2.24. The number of imidazole rings is 1. The van der Waals surface area contributed by atoms with Gasteiger partial charge in [-0.25, -0.2) is 14.4 Å². The van der Waals surface area contributed by atoms with Gasteiger partial charge in [-0.15, -0.1) is 0 Å². The second-order valence-electron chi connectivity index (χ2n) is 5.07. The predicted octanol–water partition coefficient (Wildman–Crippen LogP) is 2.97. The lowest BCUT2D eigenvalue weighted by Gasteiger charge is -2.17. The molecule has 0 fully saturated rings. The van der Waals surface area contributed by atoms with Crippen molar-refractivity contribution in [2.45, 2.75) is 19.5 Å². The first-order chi connectivity index (χ1) is 10.8. The molecule has 22 heavy (non-hydrogen) atoms. The first-order valence-corrected chi connectivity index (χ1v) is 7.11. The van der Waals surface area contributed by atoms with Crippen LogP contribution < -0.4 is 4.74 Å². The molecule has 0 amide bonds. The lowest BCUT2D eigenvalue weighted by atomic mass is 9.99. The number of ether oxygens (including phenoxy) is 1. The summed E-state index contributed by atoms with van der Waals surface area (Å²) in [6.07, 6.45) is 7.97. The standard InChI is InChI=1S/C15H14FN5O/c1-2-22-15-19-7-11-10(6-18-13(11)20-15)9-5-12(16)14-17-3-4-21(14)8-9/h3-4,6-8,12H,2,5H2,1H3,(H,18,19,20). The zero-order valence-corrected chi connectivity index (χ0v) is 12.0. The van der Waals surface area contributed by atoms with E-state index in [1.54, 1.807) is 23.2 Å². The third-order valence-corrected chi connectivity index (χ3v) is 3.70. The second kappa shape index (κ2) is 4.94. The van der Waals surface area contributed by atoms with Crippen molar-refractivity contribution >= 4 is 22.8 Å². The highest BCUT2D eigenvalue weighted by Crippen LogP contribution is 2.37. The van der Waals surface area contributed by atoms with Gasteiger partial charge in [-0.3, -0.25) is 0 Å². The van der Waals surface area contributed by atoms with Crippen molar-refractivity contribution in [3.05, 3.63) is 36.2 Å². The smallest absolute Gasteiger partial charge is 0.318 e. The fraction of sp³-hybridized carbons (Fsp3) is 0.267. The molecular formula is C15H14FN5O. The molecule has 1 aliphatic heterocycles. The molecule has 0 bridgehead atoms. The average Bonchev–Trinajstić information content (AvgIpc) is 3.13. The van der Waals surface area contributed by atoms with Crippen LogP contribution in [0.15, 0.2) is 24.8 Å². The zero-order valence-electron chi connectivity index (χ0n) is 12.0. The Morgan fingerprint density at radius 1 is 1.45 bits per heavy atom. The molecule has 4 heterocycles. The Bertz CT molecular complexity index is 866. The van der Waals surface area contributed by atoms with Crippen molar-refractivity contribution in [1.29, 1.82) is 0 Å². The van der Waals surface area contributed by atoms with Gasteiger partial charge in [-0.2, -0.15) is 4.98 Å². The van der Waals surface area contributed by atoms with E-state index in [0.717, 1.165) is 16.5 Å². The van der Waals surface area contributed by atoms with Gasteiger partial charge in [0.1, 0.15) is 11.5 Å². The number of aromatic nitrogens is 5. The molecule has 6 nitrogen and oxygen atoms in total. The van der Waals surface area contributed by atoms with Gasteiger partial charge in [0.05, 0.1) is 6.61 Å². The summed E-state index contributed by atoms with van der Waals surface area (Å²) in [5, 5.41) is 0.852.